The van der Waals surface area contributed by atoms with Crippen LogP contribution in [0.15, 0.2) is 16.6 Å². The van der Waals surface area contributed by atoms with Crippen molar-refractivity contribution in [1.29, 1.82) is 0 Å². The number of nitrogens with one attached hydrogen (secondary N) is 1. The van der Waals surface area contributed by atoms with Crippen LogP contribution >= 0.6 is 15.9 Å². The van der Waals surface area contributed by atoms with Crippen molar-refractivity contribution in [3.63, 3.8) is 0 Å². The third kappa shape index (κ3) is 4.16. The Morgan fingerprint density at radius 3 is 2.75 bits per heavy atom. The minimum absolute atomic E-state index is 0.0461. The van der Waals surface area contributed by atoms with Gasteiger partial charge in [0, 0.05) is 12.1 Å². The molecule has 0 amide bonds. The summed E-state index contributed by atoms with van der Waals surface area (Å²) in [7, 11) is 0. The van der Waals surface area contributed by atoms with Gasteiger partial charge in [0.1, 0.15) is 17.5 Å². The molecule has 0 saturated heterocycles. The van der Waals surface area contributed by atoms with Crippen LogP contribution in [0.2, 0.25) is 0 Å². The average molecular weight is 349 g/mol. The molecular weight excluding hydrogens is 335 g/mol. The van der Waals surface area contributed by atoms with Crippen molar-refractivity contribution in [2.75, 3.05) is 5.32 Å². The molecule has 1 atom stereocenters. The summed E-state index contributed by atoms with van der Waals surface area (Å²) in [6.07, 6.45) is 1.75. The number of carboxylic acids is 1. The van der Waals surface area contributed by atoms with E-state index in [4.69, 9.17) is 5.11 Å². The van der Waals surface area contributed by atoms with Crippen LogP contribution in [0.4, 0.5) is 15.8 Å². The molecule has 0 bridgehead atoms. The van der Waals surface area contributed by atoms with Crippen LogP contribution < -0.4 is 5.32 Å². The second-order valence-corrected chi connectivity index (χ2v) is 5.07. The SMILES string of the molecule is CCCCC(Nc1cc(F)c(Br)cc1[N+](=O)[O-])C(=O)O. The van der Waals surface area contributed by atoms with Gasteiger partial charge in [0.25, 0.3) is 5.69 Å². The van der Waals surface area contributed by atoms with Gasteiger partial charge in [-0.05, 0) is 22.4 Å². The van der Waals surface area contributed by atoms with Crippen molar-refractivity contribution in [2.24, 2.45) is 0 Å². The Balaban J connectivity index is 3.07. The van der Waals surface area contributed by atoms with Crippen molar-refractivity contribution in [1.82, 2.24) is 0 Å². The number of nitro benzene ring substituents is 1. The maximum absolute atomic E-state index is 13.5. The van der Waals surface area contributed by atoms with Crippen LogP contribution in [0, 0.1) is 15.9 Å². The van der Waals surface area contributed by atoms with Crippen LogP contribution in [0.1, 0.15) is 26.2 Å². The summed E-state index contributed by atoms with van der Waals surface area (Å²) in [5.41, 5.74) is -0.514. The monoisotopic (exact) mass is 348 g/mol. The quantitative estimate of drug-likeness (QED) is 0.580. The molecule has 1 aromatic carbocycles. The third-order valence-corrected chi connectivity index (χ3v) is 3.32. The summed E-state index contributed by atoms with van der Waals surface area (Å²) >= 11 is 2.86. The third-order valence-electron chi connectivity index (χ3n) is 2.71. The van der Waals surface area contributed by atoms with Crippen molar-refractivity contribution >= 4 is 33.3 Å². The van der Waals surface area contributed by atoms with Crippen LogP contribution in [0.5, 0.6) is 0 Å². The van der Waals surface area contributed by atoms with Gasteiger partial charge in [0.2, 0.25) is 0 Å². The highest BCUT2D eigenvalue weighted by molar-refractivity contribution is 9.10. The van der Waals surface area contributed by atoms with E-state index in [0.717, 1.165) is 18.6 Å². The first-order chi connectivity index (χ1) is 9.36. The normalized spacial score (nSPS) is 11.9. The highest BCUT2D eigenvalue weighted by Gasteiger charge is 2.23. The van der Waals surface area contributed by atoms with Crippen LogP contribution in [0.25, 0.3) is 0 Å². The lowest BCUT2D eigenvalue weighted by Crippen LogP contribution is -2.29. The van der Waals surface area contributed by atoms with Gasteiger partial charge in [-0.1, -0.05) is 19.8 Å². The fraction of sp³-hybridized carbons (Fsp3) is 0.417. The molecule has 0 heterocycles. The number of halogens is 2. The fourth-order valence-corrected chi connectivity index (χ4v) is 1.99. The highest BCUT2D eigenvalue weighted by Crippen LogP contribution is 2.31. The Morgan fingerprint density at radius 1 is 1.60 bits per heavy atom. The smallest absolute Gasteiger partial charge is 0.326 e. The topological polar surface area (TPSA) is 92.5 Å². The van der Waals surface area contributed by atoms with Crippen LogP contribution in [-0.2, 0) is 4.79 Å². The molecule has 1 rings (SSSR count). The number of hydrogen-bond donors (Lipinski definition) is 2. The molecule has 0 fully saturated rings. The van der Waals surface area contributed by atoms with E-state index in [9.17, 15) is 19.3 Å². The Bertz CT molecular complexity index is 524. The second-order valence-electron chi connectivity index (χ2n) is 4.22. The van der Waals surface area contributed by atoms with Gasteiger partial charge >= 0.3 is 5.97 Å². The highest BCUT2D eigenvalue weighted by atomic mass is 79.9. The summed E-state index contributed by atoms with van der Waals surface area (Å²) in [4.78, 5) is 21.3. The zero-order valence-electron chi connectivity index (χ0n) is 10.7. The molecule has 8 heteroatoms. The maximum atomic E-state index is 13.5. The minimum atomic E-state index is -1.13. The lowest BCUT2D eigenvalue weighted by molar-refractivity contribution is -0.384. The predicted molar refractivity (Wildman–Crippen MR) is 75.3 cm³/mol. The molecule has 6 nitrogen and oxygen atoms in total. The van der Waals surface area contributed by atoms with E-state index < -0.39 is 22.8 Å². The Labute approximate surface area is 123 Å². The zero-order chi connectivity index (χ0) is 15.3. The van der Waals surface area contributed by atoms with E-state index in [1.807, 2.05) is 6.92 Å². The largest absolute Gasteiger partial charge is 0.480 e. The maximum Gasteiger partial charge on any atom is 0.326 e. The molecular formula is C12H14BrFN2O4. The van der Waals surface area contributed by atoms with Gasteiger partial charge in [-0.25, -0.2) is 9.18 Å². The molecule has 2 N–H and O–H groups in total. The number of anilines is 1. The number of rotatable bonds is 7. The fourth-order valence-electron chi connectivity index (χ4n) is 1.66. The summed E-state index contributed by atoms with van der Waals surface area (Å²) in [6.45, 7) is 1.90. The first kappa shape index (κ1) is 16.4. The van der Waals surface area contributed by atoms with Crippen LogP contribution in [0.3, 0.4) is 0 Å². The van der Waals surface area contributed by atoms with Gasteiger partial charge in [0.05, 0.1) is 9.40 Å². The standard InChI is InChI=1S/C12H14BrFN2O4/c1-2-3-4-9(12(17)18)15-10-6-8(14)7(13)5-11(10)16(19)20/h5-6,9,15H,2-4H2,1H3,(H,17,18). The minimum Gasteiger partial charge on any atom is -0.480 e. The number of hydrogen-bond acceptors (Lipinski definition) is 4. The molecule has 0 aliphatic carbocycles. The summed E-state index contributed by atoms with van der Waals surface area (Å²) < 4.78 is 13.4. The molecule has 0 spiro atoms. The van der Waals surface area contributed by atoms with Crippen molar-refractivity contribution in [2.45, 2.75) is 32.2 Å². The molecule has 20 heavy (non-hydrogen) atoms. The van der Waals surface area contributed by atoms with Gasteiger partial charge in [-0.3, -0.25) is 10.1 Å². The molecule has 0 saturated carbocycles. The van der Waals surface area contributed by atoms with Gasteiger partial charge in [-0.2, -0.15) is 0 Å². The molecule has 0 aliphatic heterocycles. The van der Waals surface area contributed by atoms with E-state index in [1.54, 1.807) is 0 Å². The van der Waals surface area contributed by atoms with E-state index in [0.29, 0.717) is 12.8 Å². The molecule has 0 radical (unpaired) electrons. The first-order valence-corrected chi connectivity index (χ1v) is 6.78. The van der Waals surface area contributed by atoms with Gasteiger partial charge in [-0.15, -0.1) is 0 Å². The summed E-state index contributed by atoms with van der Waals surface area (Å²) in [6, 6.07) is 0.940. The van der Waals surface area contributed by atoms with E-state index in [-0.39, 0.29) is 15.8 Å². The number of carboxylic acid groups (broad SMARTS) is 1. The Morgan fingerprint density at radius 2 is 2.25 bits per heavy atom. The second kappa shape index (κ2) is 7.18. The lowest BCUT2D eigenvalue weighted by atomic mass is 10.1. The Hall–Kier alpha value is -1.70. The molecule has 1 aromatic rings. The van der Waals surface area contributed by atoms with Crippen molar-refractivity contribution in [3.8, 4) is 0 Å². The van der Waals surface area contributed by atoms with Crippen molar-refractivity contribution in [3.05, 3.63) is 32.5 Å². The number of aliphatic carboxylic acids is 1. The average Bonchev–Trinajstić information content (AvgIpc) is 2.37. The Kier molecular flexibility index (Phi) is 5.87. The van der Waals surface area contributed by atoms with E-state index in [1.165, 1.54) is 0 Å². The molecule has 110 valence electrons. The van der Waals surface area contributed by atoms with Crippen molar-refractivity contribution < 1.29 is 19.2 Å². The number of nitrogens with zero attached hydrogens (tertiary/aromatic N) is 1. The first-order valence-electron chi connectivity index (χ1n) is 5.99. The number of nitro groups is 1. The van der Waals surface area contributed by atoms with Gasteiger partial charge in [0.15, 0.2) is 0 Å². The van der Waals surface area contributed by atoms with E-state index >= 15 is 0 Å². The number of unbranched alkanes of at least 4 members (excludes halogenated alkanes) is 1. The molecule has 0 aromatic heterocycles. The van der Waals surface area contributed by atoms with Gasteiger partial charge < -0.3 is 10.4 Å². The summed E-state index contributed by atoms with van der Waals surface area (Å²) in [5, 5.41) is 22.5. The molecule has 0 aliphatic rings. The number of carbonyl (C=O) groups is 1. The summed E-state index contributed by atoms with van der Waals surface area (Å²) in [5.74, 6) is -1.83. The predicted octanol–water partition coefficient (Wildman–Crippen LogP) is 3.55. The van der Waals surface area contributed by atoms with Crippen LogP contribution in [-0.4, -0.2) is 22.0 Å². The lowest BCUT2D eigenvalue weighted by Gasteiger charge is -2.15. The van der Waals surface area contributed by atoms with E-state index in [2.05, 4.69) is 21.2 Å². The molecule has 1 unspecified atom stereocenters. The zero-order valence-corrected chi connectivity index (χ0v) is 12.3. The number of benzene rings is 1.